The number of ether oxygens (including phenoxy) is 2. The molecule has 8 heteroatoms. The third-order valence-corrected chi connectivity index (χ3v) is 4.80. The molecule has 0 saturated carbocycles. The summed E-state index contributed by atoms with van der Waals surface area (Å²) in [4.78, 5) is 13.5. The van der Waals surface area contributed by atoms with Crippen molar-refractivity contribution < 1.29 is 26.6 Å². The van der Waals surface area contributed by atoms with Crippen LogP contribution in [0.2, 0.25) is 0 Å². The van der Waals surface area contributed by atoms with Crippen molar-refractivity contribution in [2.45, 2.75) is 19.8 Å². The molecule has 1 aromatic carbocycles. The Balaban J connectivity index is 1.94. The third-order valence-electron chi connectivity index (χ3n) is 3.93. The maximum atomic E-state index is 12.7. The van der Waals surface area contributed by atoms with E-state index >= 15 is 0 Å². The van der Waals surface area contributed by atoms with Crippen LogP contribution < -0.4 is 9.47 Å². The molecule has 0 aromatic heterocycles. The first-order valence-electron chi connectivity index (χ1n) is 7.82. The van der Waals surface area contributed by atoms with Crippen molar-refractivity contribution in [3.8, 4) is 11.5 Å². The van der Waals surface area contributed by atoms with E-state index in [4.69, 9.17) is 9.47 Å². The van der Waals surface area contributed by atoms with Gasteiger partial charge < -0.3 is 14.4 Å². The van der Waals surface area contributed by atoms with Crippen molar-refractivity contribution in [1.29, 1.82) is 0 Å². The molecule has 0 aliphatic carbocycles. The number of carbonyl (C=O) groups excluding carboxylic acids is 1. The average molecular weight is 359 g/mol. The molecule has 1 aromatic rings. The molecule has 0 radical (unpaired) electrons. The molecule has 134 valence electrons. The first-order valence-corrected chi connectivity index (χ1v) is 9.37. The van der Waals surface area contributed by atoms with Crippen molar-refractivity contribution in [3.05, 3.63) is 23.8 Å². The fraction of sp³-hybridized carbons (Fsp3) is 0.562. The van der Waals surface area contributed by atoms with Crippen molar-refractivity contribution in [3.63, 3.8) is 0 Å². The first kappa shape index (κ1) is 18.5. The number of amides is 1. The standard InChI is InChI=1S/C16H22FNO5S/c1-3-23-14-5-4-12(8-15(14)22-2)6-7-18-10-13(9-16(18)19)11-24(17,20)21/h4-5,8,13H,3,6-7,9-11H2,1-2H3. The van der Waals surface area contributed by atoms with Gasteiger partial charge in [0.25, 0.3) is 0 Å². The van der Waals surface area contributed by atoms with E-state index in [1.807, 2.05) is 25.1 Å². The van der Waals surface area contributed by atoms with E-state index in [1.165, 1.54) is 0 Å². The van der Waals surface area contributed by atoms with Gasteiger partial charge in [0.05, 0.1) is 19.5 Å². The zero-order valence-electron chi connectivity index (χ0n) is 13.8. The molecule has 1 amide bonds. The number of hydrogen-bond donors (Lipinski definition) is 0. The number of benzene rings is 1. The number of likely N-dealkylation sites (tertiary alicyclic amines) is 1. The summed E-state index contributed by atoms with van der Waals surface area (Å²) in [7, 11) is -2.99. The number of carbonyl (C=O) groups is 1. The van der Waals surface area contributed by atoms with Crippen LogP contribution in [0.3, 0.4) is 0 Å². The molecule has 0 spiro atoms. The second kappa shape index (κ2) is 7.83. The molecule has 0 bridgehead atoms. The lowest BCUT2D eigenvalue weighted by molar-refractivity contribution is -0.127. The molecule has 1 saturated heterocycles. The maximum absolute atomic E-state index is 12.7. The molecule has 1 atom stereocenters. The van der Waals surface area contributed by atoms with E-state index in [-0.39, 0.29) is 18.9 Å². The van der Waals surface area contributed by atoms with Crippen LogP contribution in [0.4, 0.5) is 3.89 Å². The van der Waals surface area contributed by atoms with Gasteiger partial charge in [0.15, 0.2) is 11.5 Å². The molecule has 24 heavy (non-hydrogen) atoms. The lowest BCUT2D eigenvalue weighted by Gasteiger charge is -2.17. The van der Waals surface area contributed by atoms with Gasteiger partial charge in [-0.15, -0.1) is 3.89 Å². The van der Waals surface area contributed by atoms with E-state index in [1.54, 1.807) is 12.0 Å². The Kier molecular flexibility index (Phi) is 6.04. The predicted molar refractivity (Wildman–Crippen MR) is 87.4 cm³/mol. The molecule has 6 nitrogen and oxygen atoms in total. The van der Waals surface area contributed by atoms with Crippen LogP contribution in [0.5, 0.6) is 11.5 Å². The highest BCUT2D eigenvalue weighted by Crippen LogP contribution is 2.28. The molecule has 1 unspecified atom stereocenters. The minimum Gasteiger partial charge on any atom is -0.493 e. The predicted octanol–water partition coefficient (Wildman–Crippen LogP) is 1.78. The fourth-order valence-corrected chi connectivity index (χ4v) is 3.66. The first-order chi connectivity index (χ1) is 11.3. The summed E-state index contributed by atoms with van der Waals surface area (Å²) in [6.45, 7) is 3.16. The van der Waals surface area contributed by atoms with Gasteiger partial charge in [-0.1, -0.05) is 6.07 Å². The minimum atomic E-state index is -4.55. The summed E-state index contributed by atoms with van der Waals surface area (Å²) in [5.74, 6) is 0.0909. The average Bonchev–Trinajstić information content (AvgIpc) is 2.84. The topological polar surface area (TPSA) is 72.9 Å². The number of rotatable bonds is 8. The van der Waals surface area contributed by atoms with Gasteiger partial charge in [-0.3, -0.25) is 4.79 Å². The molecular weight excluding hydrogens is 337 g/mol. The van der Waals surface area contributed by atoms with E-state index in [9.17, 15) is 17.1 Å². The van der Waals surface area contributed by atoms with Crippen LogP contribution in [0.15, 0.2) is 18.2 Å². The zero-order chi connectivity index (χ0) is 17.7. The summed E-state index contributed by atoms with van der Waals surface area (Å²) >= 11 is 0. The monoisotopic (exact) mass is 359 g/mol. The SMILES string of the molecule is CCOc1ccc(CCN2CC(CS(=O)(=O)F)CC2=O)cc1OC. The van der Waals surface area contributed by atoms with Crippen LogP contribution in [0, 0.1) is 5.92 Å². The molecule has 2 rings (SSSR count). The lowest BCUT2D eigenvalue weighted by atomic mass is 10.1. The van der Waals surface area contributed by atoms with Crippen molar-refractivity contribution >= 4 is 16.1 Å². The zero-order valence-corrected chi connectivity index (χ0v) is 14.6. The van der Waals surface area contributed by atoms with Crippen LogP contribution >= 0.6 is 0 Å². The Bertz CT molecular complexity index is 692. The lowest BCUT2D eigenvalue weighted by Crippen LogP contribution is -2.28. The van der Waals surface area contributed by atoms with Gasteiger partial charge in [-0.05, 0) is 31.0 Å². The molecule has 1 fully saturated rings. The Morgan fingerprint density at radius 3 is 2.71 bits per heavy atom. The number of methoxy groups -OCH3 is 1. The largest absolute Gasteiger partial charge is 0.493 e. The van der Waals surface area contributed by atoms with Gasteiger partial charge >= 0.3 is 10.2 Å². The Morgan fingerprint density at radius 1 is 1.33 bits per heavy atom. The Morgan fingerprint density at radius 2 is 2.08 bits per heavy atom. The van der Waals surface area contributed by atoms with Crippen LogP contribution in [-0.4, -0.2) is 51.8 Å². The van der Waals surface area contributed by atoms with Crippen molar-refractivity contribution in [2.75, 3.05) is 32.6 Å². The van der Waals surface area contributed by atoms with Gasteiger partial charge in [0.1, 0.15) is 0 Å². The van der Waals surface area contributed by atoms with Gasteiger partial charge in [-0.2, -0.15) is 8.42 Å². The van der Waals surface area contributed by atoms with Gasteiger partial charge in [0, 0.05) is 25.4 Å². The number of halogens is 1. The highest BCUT2D eigenvalue weighted by atomic mass is 32.3. The molecule has 1 aliphatic heterocycles. The molecule has 0 N–H and O–H groups in total. The van der Waals surface area contributed by atoms with Crippen LogP contribution in [0.1, 0.15) is 18.9 Å². The third kappa shape index (κ3) is 5.09. The quantitative estimate of drug-likeness (QED) is 0.662. The van der Waals surface area contributed by atoms with Gasteiger partial charge in [0.2, 0.25) is 5.91 Å². The van der Waals surface area contributed by atoms with E-state index in [0.29, 0.717) is 31.1 Å². The summed E-state index contributed by atoms with van der Waals surface area (Å²) in [5, 5.41) is 0. The smallest absolute Gasteiger partial charge is 0.302 e. The van der Waals surface area contributed by atoms with Crippen LogP contribution in [0.25, 0.3) is 0 Å². The fourth-order valence-electron chi connectivity index (χ4n) is 2.87. The number of nitrogens with zero attached hydrogens (tertiary/aromatic N) is 1. The van der Waals surface area contributed by atoms with E-state index in [0.717, 1.165) is 5.56 Å². The minimum absolute atomic E-state index is 0.0791. The van der Waals surface area contributed by atoms with E-state index < -0.39 is 21.9 Å². The highest BCUT2D eigenvalue weighted by molar-refractivity contribution is 7.86. The van der Waals surface area contributed by atoms with Crippen molar-refractivity contribution in [2.24, 2.45) is 5.92 Å². The second-order valence-corrected chi connectivity index (χ2v) is 7.19. The Labute approximate surface area is 141 Å². The Hall–Kier alpha value is -1.83. The molecule has 1 heterocycles. The molecule has 1 aliphatic rings. The maximum Gasteiger partial charge on any atom is 0.302 e. The van der Waals surface area contributed by atoms with Crippen molar-refractivity contribution in [1.82, 2.24) is 4.90 Å². The summed E-state index contributed by atoms with van der Waals surface area (Å²) in [6, 6.07) is 5.58. The summed E-state index contributed by atoms with van der Waals surface area (Å²) in [5.41, 5.74) is 0.977. The normalized spacial score (nSPS) is 18.0. The van der Waals surface area contributed by atoms with Crippen LogP contribution in [-0.2, 0) is 21.4 Å². The second-order valence-electron chi connectivity index (χ2n) is 5.78. The van der Waals surface area contributed by atoms with Gasteiger partial charge in [-0.25, -0.2) is 0 Å². The summed E-state index contributed by atoms with van der Waals surface area (Å²) in [6.07, 6.45) is 0.680. The highest BCUT2D eigenvalue weighted by Gasteiger charge is 2.32. The molecular formula is C16H22FNO5S. The summed E-state index contributed by atoms with van der Waals surface area (Å²) < 4.78 is 44.9. The van der Waals surface area contributed by atoms with E-state index in [2.05, 4.69) is 0 Å². The number of hydrogen-bond acceptors (Lipinski definition) is 5.